The predicted octanol–water partition coefficient (Wildman–Crippen LogP) is 3.38. The number of carbonyl (C=O) groups excluding carboxylic acids is 1. The van der Waals surface area contributed by atoms with E-state index in [4.69, 9.17) is 4.74 Å². The van der Waals surface area contributed by atoms with Crippen molar-refractivity contribution >= 4 is 17.2 Å². The second kappa shape index (κ2) is 7.74. The molecule has 0 bridgehead atoms. The Labute approximate surface area is 191 Å². The molecule has 2 aliphatic rings. The Morgan fingerprint density at radius 3 is 2.88 bits per heavy atom. The molecule has 0 unspecified atom stereocenters. The van der Waals surface area contributed by atoms with Gasteiger partial charge in [-0.15, -0.1) is 11.3 Å². The number of thiazole rings is 1. The van der Waals surface area contributed by atoms with E-state index in [1.54, 1.807) is 9.47 Å². The molecule has 7 nitrogen and oxygen atoms in total. The van der Waals surface area contributed by atoms with Gasteiger partial charge >= 0.3 is 0 Å². The molecule has 1 amide bonds. The highest BCUT2D eigenvalue weighted by Gasteiger charge is 2.47. The summed E-state index contributed by atoms with van der Waals surface area (Å²) in [7, 11) is 0. The minimum atomic E-state index is -0.885. The second-order valence-electron chi connectivity index (χ2n) is 8.75. The molecule has 2 aromatic heterocycles. The van der Waals surface area contributed by atoms with Crippen LogP contribution in [0, 0.1) is 17.6 Å². The molecule has 10 heteroatoms. The van der Waals surface area contributed by atoms with E-state index in [0.717, 1.165) is 6.07 Å². The van der Waals surface area contributed by atoms with Crippen molar-refractivity contribution in [3.8, 4) is 16.3 Å². The minimum Gasteiger partial charge on any atom is -0.503 e. The lowest BCUT2D eigenvalue weighted by Crippen LogP contribution is -2.62. The average Bonchev–Trinajstić information content (AvgIpc) is 3.22. The van der Waals surface area contributed by atoms with Crippen LogP contribution >= 0.6 is 11.3 Å². The summed E-state index contributed by atoms with van der Waals surface area (Å²) in [4.78, 5) is 32.6. The van der Waals surface area contributed by atoms with Gasteiger partial charge in [0.2, 0.25) is 5.43 Å². The normalized spacial score (nSPS) is 22.2. The lowest BCUT2D eigenvalue weighted by molar-refractivity contribution is -0.183. The molecule has 0 aliphatic carbocycles. The molecule has 5 rings (SSSR count). The van der Waals surface area contributed by atoms with Crippen LogP contribution in [-0.2, 0) is 17.7 Å². The van der Waals surface area contributed by atoms with Crippen LogP contribution in [0.15, 0.2) is 35.4 Å². The van der Waals surface area contributed by atoms with E-state index in [1.165, 1.54) is 35.9 Å². The maximum atomic E-state index is 14.0. The van der Waals surface area contributed by atoms with E-state index in [0.29, 0.717) is 28.6 Å². The first kappa shape index (κ1) is 21.7. The summed E-state index contributed by atoms with van der Waals surface area (Å²) in [6.45, 7) is 5.01. The molecule has 0 radical (unpaired) electrons. The largest absolute Gasteiger partial charge is 0.503 e. The number of hydrogen-bond acceptors (Lipinski definition) is 6. The van der Waals surface area contributed by atoms with Crippen LogP contribution in [0.25, 0.3) is 10.6 Å². The Morgan fingerprint density at radius 1 is 1.33 bits per heavy atom. The van der Waals surface area contributed by atoms with Gasteiger partial charge in [-0.05, 0) is 24.5 Å². The number of halogens is 2. The number of amides is 1. The average molecular weight is 474 g/mol. The quantitative estimate of drug-likeness (QED) is 0.631. The molecule has 1 N–H and O–H groups in total. The number of aromatic nitrogens is 2. The van der Waals surface area contributed by atoms with Gasteiger partial charge in [0.05, 0.1) is 18.7 Å². The van der Waals surface area contributed by atoms with E-state index < -0.39 is 34.4 Å². The van der Waals surface area contributed by atoms with Crippen LogP contribution in [0.2, 0.25) is 0 Å². The van der Waals surface area contributed by atoms with Gasteiger partial charge in [0, 0.05) is 36.3 Å². The maximum absolute atomic E-state index is 14.0. The molecule has 3 aromatic rings. The molecule has 0 spiro atoms. The molecular weight excluding hydrogens is 452 g/mol. The highest BCUT2D eigenvalue weighted by molar-refractivity contribution is 7.15. The zero-order chi connectivity index (χ0) is 23.5. The SMILES string of the molecule is C[C@@H]1CO[C@@]2(C)Cn3cc(-c4ncc(Cc5ccc(F)cc5F)s4)c(=O)c(O)c3C(=O)N2C1. The van der Waals surface area contributed by atoms with Gasteiger partial charge in [0.1, 0.15) is 16.6 Å². The van der Waals surface area contributed by atoms with Crippen LogP contribution in [0.3, 0.4) is 0 Å². The Balaban J connectivity index is 1.51. The first-order valence-electron chi connectivity index (χ1n) is 10.5. The smallest absolute Gasteiger partial charge is 0.276 e. The molecule has 2 aliphatic heterocycles. The zero-order valence-electron chi connectivity index (χ0n) is 18.0. The molecule has 172 valence electrons. The van der Waals surface area contributed by atoms with Gasteiger partial charge in [0.15, 0.2) is 17.2 Å². The van der Waals surface area contributed by atoms with E-state index in [9.17, 15) is 23.5 Å². The summed E-state index contributed by atoms with van der Waals surface area (Å²) in [6.07, 6.45) is 3.21. The predicted molar refractivity (Wildman–Crippen MR) is 117 cm³/mol. The number of hydrogen-bond donors (Lipinski definition) is 1. The third kappa shape index (κ3) is 3.63. The number of fused-ring (bicyclic) bond motifs is 2. The van der Waals surface area contributed by atoms with Gasteiger partial charge < -0.3 is 19.3 Å². The molecule has 1 aromatic carbocycles. The lowest BCUT2D eigenvalue weighted by Gasteiger charge is -2.49. The summed E-state index contributed by atoms with van der Waals surface area (Å²) in [6, 6.07) is 3.37. The summed E-state index contributed by atoms with van der Waals surface area (Å²) in [5, 5.41) is 11.0. The summed E-state index contributed by atoms with van der Waals surface area (Å²) in [5.74, 6) is -2.25. The molecular formula is C23H21F2N3O4S. The van der Waals surface area contributed by atoms with E-state index >= 15 is 0 Å². The third-order valence-corrected chi connectivity index (χ3v) is 7.11. The number of pyridine rings is 1. The molecule has 33 heavy (non-hydrogen) atoms. The summed E-state index contributed by atoms with van der Waals surface area (Å²) in [5.41, 5.74) is -1.20. The number of aromatic hydroxyl groups is 1. The summed E-state index contributed by atoms with van der Waals surface area (Å²) >= 11 is 1.17. The molecule has 2 atom stereocenters. The van der Waals surface area contributed by atoms with E-state index in [-0.39, 0.29) is 30.1 Å². The first-order valence-corrected chi connectivity index (χ1v) is 11.3. The van der Waals surface area contributed by atoms with E-state index in [2.05, 4.69) is 4.98 Å². The number of rotatable bonds is 3. The number of ether oxygens (including phenoxy) is 1. The fraction of sp³-hybridized carbons (Fsp3) is 0.348. The van der Waals surface area contributed by atoms with Crippen molar-refractivity contribution < 1.29 is 23.4 Å². The van der Waals surface area contributed by atoms with E-state index in [1.807, 2.05) is 13.8 Å². The monoisotopic (exact) mass is 473 g/mol. The maximum Gasteiger partial charge on any atom is 0.276 e. The van der Waals surface area contributed by atoms with Crippen LogP contribution in [0.5, 0.6) is 5.75 Å². The Kier molecular flexibility index (Phi) is 5.09. The molecule has 1 fully saturated rings. The topological polar surface area (TPSA) is 84.7 Å². The van der Waals surface area contributed by atoms with Crippen LogP contribution < -0.4 is 5.43 Å². The van der Waals surface area contributed by atoms with Gasteiger partial charge in [-0.1, -0.05) is 13.0 Å². The second-order valence-corrected chi connectivity index (χ2v) is 9.86. The standard InChI is InChI=1S/C23H21F2N3O4S/c1-12-8-28-22(31)18-20(30)19(29)16(9-27(18)11-23(28,2)32-10-12)21-26-7-15(33-21)5-13-3-4-14(24)6-17(13)25/h3-4,6-7,9,12,30H,5,8,10-11H2,1-2H3/t12-,23-/m0/s1. The van der Waals surface area contributed by atoms with Crippen molar-refractivity contribution in [3.05, 3.63) is 68.6 Å². The van der Waals surface area contributed by atoms with Crippen LogP contribution in [0.4, 0.5) is 8.78 Å². The highest BCUT2D eigenvalue weighted by Crippen LogP contribution is 2.36. The molecule has 4 heterocycles. The first-order chi connectivity index (χ1) is 15.7. The van der Waals surface area contributed by atoms with Crippen molar-refractivity contribution in [1.82, 2.24) is 14.5 Å². The summed E-state index contributed by atoms with van der Waals surface area (Å²) < 4.78 is 34.7. The molecule has 0 saturated carbocycles. The van der Waals surface area contributed by atoms with Gasteiger partial charge in [-0.25, -0.2) is 13.8 Å². The third-order valence-electron chi connectivity index (χ3n) is 6.08. The Morgan fingerprint density at radius 2 is 2.12 bits per heavy atom. The van der Waals surface area contributed by atoms with Crippen molar-refractivity contribution in [1.29, 1.82) is 0 Å². The fourth-order valence-corrected chi connectivity index (χ4v) is 5.29. The van der Waals surface area contributed by atoms with Crippen LogP contribution in [0.1, 0.15) is 34.8 Å². The van der Waals surface area contributed by atoms with Crippen molar-refractivity contribution in [2.24, 2.45) is 5.92 Å². The number of carbonyl (C=O) groups is 1. The van der Waals surface area contributed by atoms with Crippen molar-refractivity contribution in [2.75, 3.05) is 13.2 Å². The Bertz CT molecular complexity index is 1340. The van der Waals surface area contributed by atoms with Gasteiger partial charge in [-0.2, -0.15) is 0 Å². The number of nitrogens with zero attached hydrogens (tertiary/aromatic N) is 3. The van der Waals surface area contributed by atoms with Crippen molar-refractivity contribution in [2.45, 2.75) is 32.5 Å². The zero-order valence-corrected chi connectivity index (χ0v) is 18.8. The Hall–Kier alpha value is -3.11. The highest BCUT2D eigenvalue weighted by atomic mass is 32.1. The van der Waals surface area contributed by atoms with Gasteiger partial charge in [-0.3, -0.25) is 9.59 Å². The lowest BCUT2D eigenvalue weighted by atomic mass is 10.0. The van der Waals surface area contributed by atoms with Crippen LogP contribution in [-0.4, -0.2) is 44.3 Å². The van der Waals surface area contributed by atoms with Gasteiger partial charge in [0.25, 0.3) is 5.91 Å². The number of benzene rings is 1. The minimum absolute atomic E-state index is 0.0657. The molecule has 1 saturated heterocycles. The van der Waals surface area contributed by atoms with Crippen molar-refractivity contribution in [3.63, 3.8) is 0 Å². The fourth-order valence-electron chi connectivity index (χ4n) is 4.35.